The fourth-order valence-electron chi connectivity index (χ4n) is 8.00. The van der Waals surface area contributed by atoms with Crippen LogP contribution in [0, 0.1) is 0 Å². The third-order valence-electron chi connectivity index (χ3n) is 11.1. The number of halogens is 1. The van der Waals surface area contributed by atoms with Gasteiger partial charge in [-0.2, -0.15) is 0 Å². The molecule has 2 heteroatoms. The van der Waals surface area contributed by atoms with Crippen molar-refractivity contribution < 1.29 is 0 Å². The van der Waals surface area contributed by atoms with Crippen molar-refractivity contribution >= 4 is 31.1 Å². The van der Waals surface area contributed by atoms with Gasteiger partial charge in [-0.1, -0.05) is 24.3 Å². The van der Waals surface area contributed by atoms with Gasteiger partial charge in [-0.25, -0.2) is 0 Å². The summed E-state index contributed by atoms with van der Waals surface area (Å²) in [5.74, 6) is 0. The summed E-state index contributed by atoms with van der Waals surface area (Å²) in [5, 5.41) is 0. The molecule has 0 amide bonds. The van der Waals surface area contributed by atoms with E-state index in [1.165, 1.54) is 92.3 Å². The fraction of sp³-hybridized carbons (Fsp3) is 0.0727. The summed E-state index contributed by atoms with van der Waals surface area (Å²) in [6.45, 7) is 0. The van der Waals surface area contributed by atoms with Gasteiger partial charge < -0.3 is 0 Å². The number of dihydropyridines is 1. The zero-order valence-electron chi connectivity index (χ0n) is 31.7. The standard InChI is InChI=1S/C55H42IN/c1-5-15-39(16-6-1)47-31-48(40-17-7-2-8-18-40)34-51(33-47)43-23-13-24-44(29-43)53-37-54(57-55(38-53)56-27-28-56)46-26-14-25-45(30-46)52-35-49(41-19-9-3-10-20-41)32-50(36-52)42-21-11-4-12-22-42/h1-26,29-37,55H,27-28,38H2. The first-order valence-corrected chi connectivity index (χ1v) is 24.1. The van der Waals surface area contributed by atoms with Crippen LogP contribution >= 0.6 is 19.8 Å². The van der Waals surface area contributed by atoms with Crippen molar-refractivity contribution in [3.8, 4) is 66.8 Å². The van der Waals surface area contributed by atoms with Crippen LogP contribution in [-0.4, -0.2) is 18.6 Å². The van der Waals surface area contributed by atoms with E-state index in [-0.39, 0.29) is 0 Å². The van der Waals surface area contributed by atoms with E-state index in [9.17, 15) is 0 Å². The van der Waals surface area contributed by atoms with E-state index in [0.717, 1.165) is 12.1 Å². The third-order valence-corrected chi connectivity index (χ3v) is 16.2. The number of hydrogen-bond donors (Lipinski definition) is 0. The Labute approximate surface area is 343 Å². The van der Waals surface area contributed by atoms with Crippen molar-refractivity contribution in [1.29, 1.82) is 0 Å². The summed E-state index contributed by atoms with van der Waals surface area (Å²) in [6.07, 6.45) is 3.43. The first-order chi connectivity index (χ1) is 28.2. The molecule has 57 heavy (non-hydrogen) atoms. The summed E-state index contributed by atoms with van der Waals surface area (Å²) < 4.78 is 3.29. The Morgan fingerprint density at radius 2 is 0.632 bits per heavy atom. The van der Waals surface area contributed by atoms with Crippen LogP contribution in [0.25, 0.3) is 72.3 Å². The summed E-state index contributed by atoms with van der Waals surface area (Å²) in [6, 6.07) is 75.3. The van der Waals surface area contributed by atoms with Crippen LogP contribution in [0.4, 0.5) is 0 Å². The molecule has 0 spiro atoms. The second-order valence-electron chi connectivity index (χ2n) is 14.9. The van der Waals surface area contributed by atoms with Crippen LogP contribution in [0.2, 0.25) is 0 Å². The normalized spacial score (nSPS) is 15.4. The number of aliphatic imine (C=N–C) groups is 1. The average Bonchev–Trinajstić information content (AvgIpc) is 4.16. The number of allylic oxidation sites excluding steroid dienone is 1. The van der Waals surface area contributed by atoms with Gasteiger partial charge in [0.05, 0.1) is 0 Å². The molecule has 0 saturated carbocycles. The maximum absolute atomic E-state index is 5.54. The van der Waals surface area contributed by atoms with Crippen LogP contribution in [0.5, 0.6) is 0 Å². The van der Waals surface area contributed by atoms with Crippen molar-refractivity contribution in [2.75, 3.05) is 8.86 Å². The van der Waals surface area contributed by atoms with Gasteiger partial charge in [0.25, 0.3) is 0 Å². The minimum atomic E-state index is -1.06. The molecule has 0 bridgehead atoms. The summed E-state index contributed by atoms with van der Waals surface area (Å²) in [7, 11) is 0. The van der Waals surface area contributed by atoms with E-state index in [4.69, 9.17) is 4.99 Å². The fourth-order valence-corrected chi connectivity index (χ4v) is 13.0. The zero-order chi connectivity index (χ0) is 38.0. The molecule has 0 N–H and O–H groups in total. The van der Waals surface area contributed by atoms with Gasteiger partial charge >= 0.3 is 321 Å². The Hall–Kier alpha value is -6.10. The molecular formula is C55H42IN. The van der Waals surface area contributed by atoms with Crippen molar-refractivity contribution in [1.82, 2.24) is 0 Å². The van der Waals surface area contributed by atoms with Crippen molar-refractivity contribution in [2.45, 2.75) is 10.5 Å². The third kappa shape index (κ3) is 7.83. The summed E-state index contributed by atoms with van der Waals surface area (Å²) in [5.41, 5.74) is 19.7. The molecule has 2 aliphatic heterocycles. The molecule has 1 unspecified atom stereocenters. The van der Waals surface area contributed by atoms with Gasteiger partial charge in [-0.05, 0) is 0 Å². The number of hydrogen-bond acceptors (Lipinski definition) is 1. The van der Waals surface area contributed by atoms with Crippen molar-refractivity contribution in [3.05, 3.63) is 223 Å². The number of benzene rings is 8. The summed E-state index contributed by atoms with van der Waals surface area (Å²) in [4.78, 5) is 5.54. The Balaban J connectivity index is 1.03. The van der Waals surface area contributed by atoms with E-state index < -0.39 is 19.8 Å². The molecule has 0 aromatic heterocycles. The van der Waals surface area contributed by atoms with E-state index in [0.29, 0.717) is 4.05 Å². The van der Waals surface area contributed by atoms with Crippen LogP contribution in [0.1, 0.15) is 17.5 Å². The van der Waals surface area contributed by atoms with Gasteiger partial charge in [-0.3, -0.25) is 0 Å². The second kappa shape index (κ2) is 15.8. The van der Waals surface area contributed by atoms with E-state index in [1.807, 2.05) is 0 Å². The summed E-state index contributed by atoms with van der Waals surface area (Å²) >= 11 is -1.06. The van der Waals surface area contributed by atoms with Crippen LogP contribution in [-0.2, 0) is 0 Å². The second-order valence-corrected chi connectivity index (χ2v) is 21.4. The minimum absolute atomic E-state index is 0.452. The molecule has 1 fully saturated rings. The predicted molar refractivity (Wildman–Crippen MR) is 252 cm³/mol. The Kier molecular flexibility index (Phi) is 9.79. The van der Waals surface area contributed by atoms with Gasteiger partial charge in [0.2, 0.25) is 0 Å². The van der Waals surface area contributed by atoms with Gasteiger partial charge in [0.15, 0.2) is 0 Å². The first kappa shape index (κ1) is 35.3. The van der Waals surface area contributed by atoms with Gasteiger partial charge in [0, 0.05) is 0 Å². The Bertz CT molecular complexity index is 2630. The van der Waals surface area contributed by atoms with Crippen molar-refractivity contribution in [2.24, 2.45) is 4.99 Å². The van der Waals surface area contributed by atoms with E-state index >= 15 is 0 Å². The molecule has 2 aliphatic rings. The number of nitrogens with zero attached hydrogens (tertiary/aromatic N) is 1. The molecule has 1 saturated heterocycles. The molecule has 1 nitrogen and oxygen atoms in total. The monoisotopic (exact) mass is 843 g/mol. The van der Waals surface area contributed by atoms with Crippen LogP contribution < -0.4 is 0 Å². The van der Waals surface area contributed by atoms with Crippen molar-refractivity contribution in [3.63, 3.8) is 0 Å². The molecule has 2 heterocycles. The number of rotatable bonds is 9. The van der Waals surface area contributed by atoms with E-state index in [2.05, 4.69) is 212 Å². The van der Waals surface area contributed by atoms with Gasteiger partial charge in [0.1, 0.15) is 0 Å². The molecule has 8 aromatic rings. The average molecular weight is 844 g/mol. The quantitative estimate of drug-likeness (QED) is 0.0780. The molecule has 0 aliphatic carbocycles. The molecular weight excluding hydrogens is 802 g/mol. The SMILES string of the molecule is C1=C(c2cccc(-c3cc(-c4ccccc4)cc(-c4ccccc4)c3)c2)CC(I2CC2)N=C1c1cccc(-c2cc(-c3ccccc3)cc(-c3ccccc3)c2)c1. The van der Waals surface area contributed by atoms with Gasteiger partial charge in [-0.15, -0.1) is 0 Å². The molecule has 0 radical (unpaired) electrons. The zero-order valence-corrected chi connectivity index (χ0v) is 33.9. The first-order valence-electron chi connectivity index (χ1n) is 19.8. The molecule has 1 atom stereocenters. The molecule has 8 aromatic carbocycles. The van der Waals surface area contributed by atoms with Crippen LogP contribution in [0.15, 0.2) is 217 Å². The van der Waals surface area contributed by atoms with Crippen LogP contribution in [0.3, 0.4) is 0 Å². The van der Waals surface area contributed by atoms with E-state index in [1.54, 1.807) is 0 Å². The maximum atomic E-state index is 5.54. The number of alkyl halides is 3. The topological polar surface area (TPSA) is 12.4 Å². The predicted octanol–water partition coefficient (Wildman–Crippen LogP) is 14.8. The Morgan fingerprint density at radius 1 is 0.316 bits per heavy atom. The molecule has 10 rings (SSSR count). The molecule has 274 valence electrons. The Morgan fingerprint density at radius 3 is 1.04 bits per heavy atom.